The maximum absolute atomic E-state index is 12.1. The highest BCUT2D eigenvalue weighted by molar-refractivity contribution is 9.10. The lowest BCUT2D eigenvalue weighted by atomic mass is 10.1. The number of benzene rings is 1. The van der Waals surface area contributed by atoms with Gasteiger partial charge in [-0.05, 0) is 39.7 Å². The van der Waals surface area contributed by atoms with E-state index >= 15 is 0 Å². The van der Waals surface area contributed by atoms with Crippen molar-refractivity contribution in [3.8, 4) is 11.5 Å². The van der Waals surface area contributed by atoms with Gasteiger partial charge in [-0.3, -0.25) is 9.82 Å². The van der Waals surface area contributed by atoms with Crippen molar-refractivity contribution in [1.29, 1.82) is 0 Å². The van der Waals surface area contributed by atoms with Crippen molar-refractivity contribution in [2.24, 2.45) is 0 Å². The zero-order valence-electron chi connectivity index (χ0n) is 11.9. The van der Waals surface area contributed by atoms with Crippen LogP contribution in [-0.4, -0.2) is 11.3 Å². The Hall–Kier alpha value is -2.26. The molecule has 3 rings (SSSR count). The molecule has 9 heteroatoms. The minimum atomic E-state index is -4.72. The van der Waals surface area contributed by atoms with Gasteiger partial charge in [-0.25, -0.2) is 5.48 Å². The van der Waals surface area contributed by atoms with Crippen molar-refractivity contribution in [3.63, 3.8) is 0 Å². The standard InChI is InChI=1S/C15H10BrF3N2O3/c16-10-5-12(8-20-7-10)22-14-6-13(24-21-14)9-1-3-11(4-2-9)23-15(17,18)19/h1-8,13,21H/t13-/m0/s1. The molecule has 1 aliphatic heterocycles. The first-order valence-electron chi connectivity index (χ1n) is 6.67. The second-order valence-electron chi connectivity index (χ2n) is 4.73. The van der Waals surface area contributed by atoms with Gasteiger partial charge in [-0.15, -0.1) is 13.2 Å². The van der Waals surface area contributed by atoms with Crippen LogP contribution in [0.25, 0.3) is 0 Å². The van der Waals surface area contributed by atoms with Gasteiger partial charge in [-0.1, -0.05) is 12.1 Å². The van der Waals surface area contributed by atoms with Gasteiger partial charge >= 0.3 is 6.36 Å². The Bertz CT molecular complexity index is 750. The molecule has 2 heterocycles. The number of rotatable bonds is 4. The van der Waals surface area contributed by atoms with Gasteiger partial charge in [0, 0.05) is 16.7 Å². The number of ether oxygens (including phenoxy) is 2. The predicted molar refractivity (Wildman–Crippen MR) is 80.7 cm³/mol. The smallest absolute Gasteiger partial charge is 0.438 e. The Morgan fingerprint density at radius 3 is 2.54 bits per heavy atom. The Morgan fingerprint density at radius 2 is 1.88 bits per heavy atom. The molecule has 0 radical (unpaired) electrons. The lowest BCUT2D eigenvalue weighted by Crippen LogP contribution is -2.17. The molecule has 1 atom stereocenters. The predicted octanol–water partition coefficient (Wildman–Crippen LogP) is 4.24. The largest absolute Gasteiger partial charge is 0.573 e. The van der Waals surface area contributed by atoms with Crippen molar-refractivity contribution < 1.29 is 27.5 Å². The first-order chi connectivity index (χ1) is 11.4. The van der Waals surface area contributed by atoms with E-state index in [0.29, 0.717) is 17.2 Å². The molecule has 2 aromatic rings. The van der Waals surface area contributed by atoms with E-state index in [1.54, 1.807) is 18.3 Å². The van der Waals surface area contributed by atoms with Crippen LogP contribution in [0.4, 0.5) is 13.2 Å². The fraction of sp³-hybridized carbons (Fsp3) is 0.133. The molecule has 1 aromatic carbocycles. The number of hydrogen-bond acceptors (Lipinski definition) is 5. The molecule has 0 unspecified atom stereocenters. The summed E-state index contributed by atoms with van der Waals surface area (Å²) in [6, 6.07) is 7.13. The molecule has 5 nitrogen and oxygen atoms in total. The summed E-state index contributed by atoms with van der Waals surface area (Å²) in [5, 5.41) is 0. The van der Waals surface area contributed by atoms with Crippen LogP contribution in [0.5, 0.6) is 11.5 Å². The van der Waals surface area contributed by atoms with Gasteiger partial charge in [0.25, 0.3) is 0 Å². The Morgan fingerprint density at radius 1 is 1.12 bits per heavy atom. The van der Waals surface area contributed by atoms with E-state index in [0.717, 1.165) is 4.47 Å². The number of hydrogen-bond donors (Lipinski definition) is 1. The van der Waals surface area contributed by atoms with Crippen LogP contribution in [0.15, 0.2) is 59.2 Å². The fourth-order valence-corrected chi connectivity index (χ4v) is 2.32. The third-order valence-electron chi connectivity index (χ3n) is 2.94. The molecule has 0 spiro atoms. The summed E-state index contributed by atoms with van der Waals surface area (Å²) in [5.74, 6) is 0.565. The van der Waals surface area contributed by atoms with Crippen molar-refractivity contribution in [2.75, 3.05) is 0 Å². The van der Waals surface area contributed by atoms with Crippen molar-refractivity contribution in [1.82, 2.24) is 10.5 Å². The molecule has 1 aliphatic rings. The first kappa shape index (κ1) is 16.6. The molecule has 24 heavy (non-hydrogen) atoms. The molecule has 1 aromatic heterocycles. The van der Waals surface area contributed by atoms with Crippen LogP contribution >= 0.6 is 15.9 Å². The van der Waals surface area contributed by atoms with Gasteiger partial charge in [-0.2, -0.15) is 0 Å². The van der Waals surface area contributed by atoms with E-state index in [1.165, 1.54) is 30.5 Å². The molecule has 0 fully saturated rings. The van der Waals surface area contributed by atoms with E-state index in [-0.39, 0.29) is 5.75 Å². The summed E-state index contributed by atoms with van der Waals surface area (Å²) in [4.78, 5) is 9.30. The molecule has 0 saturated carbocycles. The zero-order valence-corrected chi connectivity index (χ0v) is 13.5. The second-order valence-corrected chi connectivity index (χ2v) is 5.64. The molecular formula is C15H10BrF3N2O3. The lowest BCUT2D eigenvalue weighted by Gasteiger charge is -2.11. The normalized spacial score (nSPS) is 17.2. The number of pyridine rings is 1. The maximum atomic E-state index is 12.1. The topological polar surface area (TPSA) is 52.6 Å². The second kappa shape index (κ2) is 6.70. The average molecular weight is 403 g/mol. The summed E-state index contributed by atoms with van der Waals surface area (Å²) in [6.07, 6.45) is -0.413. The van der Waals surface area contributed by atoms with E-state index in [2.05, 4.69) is 31.1 Å². The van der Waals surface area contributed by atoms with Gasteiger partial charge < -0.3 is 9.47 Å². The lowest BCUT2D eigenvalue weighted by molar-refractivity contribution is -0.274. The van der Waals surface area contributed by atoms with E-state index in [4.69, 9.17) is 9.57 Å². The molecule has 0 saturated heterocycles. The fourth-order valence-electron chi connectivity index (χ4n) is 1.98. The van der Waals surface area contributed by atoms with E-state index < -0.39 is 12.5 Å². The zero-order chi connectivity index (χ0) is 17.2. The Balaban J connectivity index is 1.67. The van der Waals surface area contributed by atoms with E-state index in [1.807, 2.05) is 0 Å². The number of hydroxylamine groups is 1. The average Bonchev–Trinajstić information content (AvgIpc) is 2.95. The van der Waals surface area contributed by atoms with Crippen LogP contribution in [0.1, 0.15) is 11.7 Å². The molecule has 0 bridgehead atoms. The minimum Gasteiger partial charge on any atom is -0.438 e. The van der Waals surface area contributed by atoms with Gasteiger partial charge in [0.2, 0.25) is 5.88 Å². The summed E-state index contributed by atoms with van der Waals surface area (Å²) in [6.45, 7) is 0. The highest BCUT2D eigenvalue weighted by Gasteiger charge is 2.31. The SMILES string of the molecule is FC(F)(F)Oc1ccc([C@@H]2C=C(Oc3cncc(Br)c3)NO2)cc1. The quantitative estimate of drug-likeness (QED) is 0.828. The number of halogens is 4. The Labute approximate surface area is 143 Å². The minimum absolute atomic E-state index is 0.294. The third kappa shape index (κ3) is 4.39. The third-order valence-corrected chi connectivity index (χ3v) is 3.37. The summed E-state index contributed by atoms with van der Waals surface area (Å²) in [7, 11) is 0. The monoisotopic (exact) mass is 402 g/mol. The van der Waals surface area contributed by atoms with Crippen LogP contribution in [0.2, 0.25) is 0 Å². The highest BCUT2D eigenvalue weighted by Crippen LogP contribution is 2.29. The maximum Gasteiger partial charge on any atom is 0.573 e. The van der Waals surface area contributed by atoms with E-state index in [9.17, 15) is 13.2 Å². The number of nitrogens with zero attached hydrogens (tertiary/aromatic N) is 1. The van der Waals surface area contributed by atoms with Crippen LogP contribution in [0.3, 0.4) is 0 Å². The number of alkyl halides is 3. The highest BCUT2D eigenvalue weighted by atomic mass is 79.9. The van der Waals surface area contributed by atoms with Crippen LogP contribution in [-0.2, 0) is 4.84 Å². The molecule has 1 N–H and O–H groups in total. The van der Waals surface area contributed by atoms with Crippen molar-refractivity contribution in [2.45, 2.75) is 12.5 Å². The molecule has 126 valence electrons. The van der Waals surface area contributed by atoms with Crippen molar-refractivity contribution in [3.05, 3.63) is 64.7 Å². The number of aromatic nitrogens is 1. The first-order valence-corrected chi connectivity index (χ1v) is 7.46. The van der Waals surface area contributed by atoms with Gasteiger partial charge in [0.1, 0.15) is 17.6 Å². The molecule has 0 aliphatic carbocycles. The summed E-state index contributed by atoms with van der Waals surface area (Å²) < 4.78 is 46.6. The number of nitrogens with one attached hydrogen (secondary N) is 1. The Kier molecular flexibility index (Phi) is 4.63. The van der Waals surface area contributed by atoms with Crippen LogP contribution < -0.4 is 15.0 Å². The molecular weight excluding hydrogens is 393 g/mol. The van der Waals surface area contributed by atoms with Crippen LogP contribution in [0, 0.1) is 0 Å². The van der Waals surface area contributed by atoms with Gasteiger partial charge in [0.05, 0.1) is 6.20 Å². The summed E-state index contributed by atoms with van der Waals surface area (Å²) >= 11 is 3.28. The van der Waals surface area contributed by atoms with Gasteiger partial charge in [0.15, 0.2) is 0 Å². The van der Waals surface area contributed by atoms with Crippen molar-refractivity contribution >= 4 is 15.9 Å². The molecule has 0 amide bonds. The summed E-state index contributed by atoms with van der Waals surface area (Å²) in [5.41, 5.74) is 3.25.